The summed E-state index contributed by atoms with van der Waals surface area (Å²) in [6.45, 7) is -0.959. The Labute approximate surface area is 210 Å². The quantitative estimate of drug-likeness (QED) is 0.135. The molecule has 1 amide bonds. The van der Waals surface area contributed by atoms with E-state index in [9.17, 15) is 55.9 Å². The van der Waals surface area contributed by atoms with Gasteiger partial charge < -0.3 is 80.1 Å². The summed E-state index contributed by atoms with van der Waals surface area (Å²) >= 11 is 0. The molecule has 15 atom stereocenters. The number of amides is 1. The largest absolute Gasteiger partial charge is 0.394 e. The maximum Gasteiger partial charge on any atom is 0.217 e. The Morgan fingerprint density at radius 3 is 1.86 bits per heavy atom. The fourth-order valence-corrected chi connectivity index (χ4v) is 4.36. The summed E-state index contributed by atoms with van der Waals surface area (Å²) in [6, 6.07) is -1.38. The van der Waals surface area contributed by atoms with Crippen LogP contribution in [0.1, 0.15) is 6.92 Å². The van der Waals surface area contributed by atoms with Gasteiger partial charge in [-0.1, -0.05) is 0 Å². The second kappa shape index (κ2) is 12.8. The number of hydrogen-bond donors (Lipinski definition) is 11. The summed E-state index contributed by atoms with van der Waals surface area (Å²) in [4.78, 5) is 11.8. The van der Waals surface area contributed by atoms with Crippen molar-refractivity contribution in [2.24, 2.45) is 0 Å². The summed E-state index contributed by atoms with van der Waals surface area (Å²) in [7, 11) is 0. The average molecular weight is 545 g/mol. The molecule has 3 fully saturated rings. The highest BCUT2D eigenvalue weighted by Crippen LogP contribution is 2.30. The van der Waals surface area contributed by atoms with Gasteiger partial charge in [0.25, 0.3) is 0 Å². The van der Waals surface area contributed by atoms with Gasteiger partial charge in [0.2, 0.25) is 5.91 Å². The van der Waals surface area contributed by atoms with E-state index in [1.165, 1.54) is 0 Å². The maximum atomic E-state index is 11.8. The lowest BCUT2D eigenvalue weighted by atomic mass is 9.95. The summed E-state index contributed by atoms with van der Waals surface area (Å²) in [6.07, 6.45) is -22.7. The Morgan fingerprint density at radius 2 is 1.27 bits per heavy atom. The molecule has 0 aliphatic carbocycles. The lowest BCUT2D eigenvalue weighted by molar-refractivity contribution is -0.352. The predicted molar refractivity (Wildman–Crippen MR) is 113 cm³/mol. The first kappa shape index (κ1) is 30.4. The first-order valence-electron chi connectivity index (χ1n) is 11.6. The molecular formula is C20H35NO16. The highest BCUT2D eigenvalue weighted by Gasteiger charge is 2.52. The van der Waals surface area contributed by atoms with E-state index in [0.717, 1.165) is 6.92 Å². The van der Waals surface area contributed by atoms with Gasteiger partial charge in [0.1, 0.15) is 73.2 Å². The molecule has 3 aliphatic rings. The number of carbonyl (C=O) groups excluding carboxylic acids is 1. The minimum Gasteiger partial charge on any atom is -0.394 e. The molecule has 0 aromatic carbocycles. The van der Waals surface area contributed by atoms with E-state index in [2.05, 4.69) is 5.32 Å². The van der Waals surface area contributed by atoms with Gasteiger partial charge in [-0.05, 0) is 0 Å². The zero-order valence-electron chi connectivity index (χ0n) is 19.7. The predicted octanol–water partition coefficient (Wildman–Crippen LogP) is -7.43. The smallest absolute Gasteiger partial charge is 0.217 e. The number of ether oxygens (including phenoxy) is 5. The zero-order chi connectivity index (χ0) is 27.6. The third-order valence-corrected chi connectivity index (χ3v) is 6.47. The van der Waals surface area contributed by atoms with Crippen LogP contribution in [0.5, 0.6) is 0 Å². The van der Waals surface area contributed by atoms with Crippen molar-refractivity contribution < 1.29 is 79.5 Å². The van der Waals surface area contributed by atoms with Crippen molar-refractivity contribution in [3.05, 3.63) is 0 Å². The minimum absolute atomic E-state index is 0.564. The van der Waals surface area contributed by atoms with Crippen molar-refractivity contribution in [2.75, 3.05) is 19.8 Å². The Morgan fingerprint density at radius 1 is 0.703 bits per heavy atom. The summed E-state index contributed by atoms with van der Waals surface area (Å²) in [5.41, 5.74) is 0. The average Bonchev–Trinajstić information content (AvgIpc) is 2.86. The zero-order valence-corrected chi connectivity index (χ0v) is 19.7. The van der Waals surface area contributed by atoms with Gasteiger partial charge in [0, 0.05) is 6.92 Å². The second-order valence-corrected chi connectivity index (χ2v) is 9.11. The highest BCUT2D eigenvalue weighted by atomic mass is 16.7. The van der Waals surface area contributed by atoms with E-state index in [4.69, 9.17) is 23.7 Å². The lowest BCUT2D eigenvalue weighted by Crippen LogP contribution is -2.68. The molecule has 0 spiro atoms. The van der Waals surface area contributed by atoms with E-state index in [1.807, 2.05) is 0 Å². The monoisotopic (exact) mass is 545 g/mol. The van der Waals surface area contributed by atoms with Crippen LogP contribution in [0.25, 0.3) is 0 Å². The second-order valence-electron chi connectivity index (χ2n) is 9.11. The van der Waals surface area contributed by atoms with Gasteiger partial charge in [0.15, 0.2) is 18.9 Å². The first-order valence-corrected chi connectivity index (χ1v) is 11.6. The highest BCUT2D eigenvalue weighted by molar-refractivity contribution is 5.73. The van der Waals surface area contributed by atoms with Crippen LogP contribution in [0, 0.1) is 0 Å². The van der Waals surface area contributed by atoms with Gasteiger partial charge in [0.05, 0.1) is 19.8 Å². The number of aliphatic hydroxyl groups excluding tert-OH is 10. The fourth-order valence-electron chi connectivity index (χ4n) is 4.36. The Hall–Kier alpha value is -1.13. The first-order chi connectivity index (χ1) is 17.4. The van der Waals surface area contributed by atoms with Crippen LogP contribution in [-0.4, -0.2) is 169 Å². The van der Waals surface area contributed by atoms with E-state index < -0.39 is 118 Å². The van der Waals surface area contributed by atoms with Crippen molar-refractivity contribution in [3.63, 3.8) is 0 Å². The number of aliphatic hydroxyl groups is 10. The Kier molecular flexibility index (Phi) is 10.5. The molecule has 17 heteroatoms. The molecule has 216 valence electrons. The fraction of sp³-hybridized carbons (Fsp3) is 0.950. The van der Waals surface area contributed by atoms with Gasteiger partial charge in [-0.15, -0.1) is 0 Å². The van der Waals surface area contributed by atoms with E-state index >= 15 is 0 Å². The van der Waals surface area contributed by atoms with Gasteiger partial charge in [-0.25, -0.2) is 0 Å². The van der Waals surface area contributed by atoms with Gasteiger partial charge in [-0.2, -0.15) is 0 Å². The van der Waals surface area contributed by atoms with Crippen molar-refractivity contribution >= 4 is 5.91 Å². The summed E-state index contributed by atoms with van der Waals surface area (Å²) in [5.74, 6) is -0.641. The Bertz CT molecular complexity index is 745. The van der Waals surface area contributed by atoms with Crippen molar-refractivity contribution in [3.8, 4) is 0 Å². The number of rotatable bonds is 8. The molecule has 17 nitrogen and oxygen atoms in total. The van der Waals surface area contributed by atoms with Crippen LogP contribution in [0.15, 0.2) is 0 Å². The third-order valence-electron chi connectivity index (χ3n) is 6.47. The van der Waals surface area contributed by atoms with Crippen LogP contribution in [0.3, 0.4) is 0 Å². The van der Waals surface area contributed by atoms with Crippen LogP contribution in [0.2, 0.25) is 0 Å². The molecule has 11 N–H and O–H groups in total. The number of carbonyl (C=O) groups is 1. The molecule has 37 heavy (non-hydrogen) atoms. The lowest BCUT2D eigenvalue weighted by Gasteiger charge is -2.47. The molecule has 0 saturated carbocycles. The van der Waals surface area contributed by atoms with Gasteiger partial charge in [-0.3, -0.25) is 4.79 Å². The van der Waals surface area contributed by atoms with E-state index in [-0.39, 0.29) is 0 Å². The van der Waals surface area contributed by atoms with E-state index in [1.54, 1.807) is 0 Å². The SMILES string of the molecule is CC(=O)N[C@H]1[C@@H](OC[C@H]2O[C@@H](O)[C@@H](O)[C@@H](O)[C@H]2O)O[C@@H](CO)[C@@H](O[C@H]2O[C@@H](CO)[C@@H](O)[C@@H](O)[C@H]2O)[C@H]1O. The standard InChI is InChI=1S/C20H35NO16/c1-5(24)21-9-12(27)17(37-20-16(31)14(29)10(25)6(2-22)35-20)7(3-23)36-19(9)33-4-8-11(26)13(28)15(30)18(32)34-8/h6-20,22-23,25-32H,2-4H2,1H3,(H,21,24)/t6-,7-,8+,9+,10+,11-,12-,13-,14+,15-,16+,17+,18+,19-,20+/m0/s1. The molecule has 0 unspecified atom stereocenters. The molecule has 3 aliphatic heterocycles. The van der Waals surface area contributed by atoms with Crippen LogP contribution >= 0.6 is 0 Å². The number of nitrogens with one attached hydrogen (secondary N) is 1. The third kappa shape index (κ3) is 6.55. The molecule has 0 aromatic rings. The normalized spacial score (nSPS) is 49.0. The molecule has 0 radical (unpaired) electrons. The molecule has 0 aromatic heterocycles. The topological polar surface area (TPSA) is 278 Å². The molecule has 3 saturated heterocycles. The molecule has 3 heterocycles. The molecular weight excluding hydrogens is 510 g/mol. The van der Waals surface area contributed by atoms with Crippen molar-refractivity contribution in [1.82, 2.24) is 5.32 Å². The minimum atomic E-state index is -1.84. The van der Waals surface area contributed by atoms with Crippen LogP contribution in [0.4, 0.5) is 0 Å². The molecule has 0 bridgehead atoms. The Balaban J connectivity index is 1.74. The van der Waals surface area contributed by atoms with Crippen molar-refractivity contribution in [1.29, 1.82) is 0 Å². The van der Waals surface area contributed by atoms with E-state index in [0.29, 0.717) is 0 Å². The van der Waals surface area contributed by atoms with Crippen LogP contribution in [-0.2, 0) is 28.5 Å². The number of hydrogen-bond acceptors (Lipinski definition) is 16. The summed E-state index contributed by atoms with van der Waals surface area (Å²) < 4.78 is 27.0. The summed E-state index contributed by atoms with van der Waals surface area (Å²) in [5, 5.41) is 102. The maximum absolute atomic E-state index is 11.8. The molecule has 3 rings (SSSR count). The van der Waals surface area contributed by atoms with Gasteiger partial charge >= 0.3 is 0 Å². The van der Waals surface area contributed by atoms with Crippen LogP contribution < -0.4 is 5.32 Å². The van der Waals surface area contributed by atoms with Crippen molar-refractivity contribution in [2.45, 2.75) is 99.0 Å².